The fraction of sp³-hybridized carbons (Fsp3) is 0.833. The van der Waals surface area contributed by atoms with Gasteiger partial charge in [0.15, 0.2) is 5.17 Å². The first kappa shape index (κ1) is 13.7. The van der Waals surface area contributed by atoms with Gasteiger partial charge in [0.05, 0.1) is 17.5 Å². The van der Waals surface area contributed by atoms with E-state index >= 15 is 0 Å². The topological polar surface area (TPSA) is 76.7 Å². The van der Waals surface area contributed by atoms with Crippen molar-refractivity contribution in [3.8, 4) is 0 Å². The molecule has 0 saturated carbocycles. The SMILES string of the molecule is CC(C)(CN=C1NC2(CCOCC2)CS1)C(N)=O. The van der Waals surface area contributed by atoms with E-state index in [4.69, 9.17) is 10.5 Å². The first-order valence-corrected chi connectivity index (χ1v) is 7.25. The summed E-state index contributed by atoms with van der Waals surface area (Å²) in [6, 6.07) is 0. The van der Waals surface area contributed by atoms with E-state index in [-0.39, 0.29) is 11.4 Å². The van der Waals surface area contributed by atoms with Crippen LogP contribution in [0.2, 0.25) is 0 Å². The zero-order valence-electron chi connectivity index (χ0n) is 11.0. The molecule has 1 spiro atoms. The highest BCUT2D eigenvalue weighted by Gasteiger charge is 2.38. The Bertz CT molecular complexity index is 362. The molecule has 0 unspecified atom stereocenters. The molecular formula is C12H21N3O2S. The van der Waals surface area contributed by atoms with Crippen molar-refractivity contribution in [2.24, 2.45) is 16.1 Å². The molecule has 0 aromatic carbocycles. The van der Waals surface area contributed by atoms with Crippen LogP contribution >= 0.6 is 11.8 Å². The molecule has 102 valence electrons. The Morgan fingerprint density at radius 2 is 2.22 bits per heavy atom. The van der Waals surface area contributed by atoms with E-state index < -0.39 is 5.41 Å². The van der Waals surface area contributed by atoms with E-state index in [2.05, 4.69) is 10.3 Å². The van der Waals surface area contributed by atoms with Crippen molar-refractivity contribution in [3.63, 3.8) is 0 Å². The number of primary amides is 1. The highest BCUT2D eigenvalue weighted by molar-refractivity contribution is 8.14. The standard InChI is InChI=1S/C12H21N3O2S/c1-11(2,9(13)16)7-14-10-15-12(8-18-10)3-5-17-6-4-12/h3-8H2,1-2H3,(H2,13,16)(H,14,15). The van der Waals surface area contributed by atoms with Crippen molar-refractivity contribution < 1.29 is 9.53 Å². The summed E-state index contributed by atoms with van der Waals surface area (Å²) in [6.45, 7) is 5.71. The smallest absolute Gasteiger partial charge is 0.224 e. The molecule has 2 fully saturated rings. The van der Waals surface area contributed by atoms with Gasteiger partial charge in [-0.25, -0.2) is 0 Å². The normalized spacial score (nSPS) is 25.3. The Morgan fingerprint density at radius 3 is 2.83 bits per heavy atom. The van der Waals surface area contributed by atoms with Gasteiger partial charge in [-0.05, 0) is 26.7 Å². The lowest BCUT2D eigenvalue weighted by Gasteiger charge is -2.32. The summed E-state index contributed by atoms with van der Waals surface area (Å²) in [5.74, 6) is 0.724. The molecule has 0 aliphatic carbocycles. The molecule has 5 nitrogen and oxygen atoms in total. The third kappa shape index (κ3) is 2.98. The number of hydrogen-bond donors (Lipinski definition) is 2. The zero-order valence-corrected chi connectivity index (χ0v) is 11.8. The second-order valence-electron chi connectivity index (χ2n) is 5.68. The third-order valence-electron chi connectivity index (χ3n) is 3.59. The number of nitrogens with zero attached hydrogens (tertiary/aromatic N) is 1. The lowest BCUT2D eigenvalue weighted by molar-refractivity contribution is -0.125. The largest absolute Gasteiger partial charge is 0.381 e. The van der Waals surface area contributed by atoms with Crippen LogP contribution in [0.1, 0.15) is 26.7 Å². The fourth-order valence-electron chi connectivity index (χ4n) is 1.97. The van der Waals surface area contributed by atoms with Gasteiger partial charge in [-0.1, -0.05) is 11.8 Å². The second-order valence-corrected chi connectivity index (χ2v) is 6.64. The van der Waals surface area contributed by atoms with E-state index in [1.54, 1.807) is 11.8 Å². The minimum atomic E-state index is -0.583. The summed E-state index contributed by atoms with van der Waals surface area (Å²) >= 11 is 1.73. The Morgan fingerprint density at radius 1 is 1.56 bits per heavy atom. The minimum Gasteiger partial charge on any atom is -0.381 e. The molecule has 18 heavy (non-hydrogen) atoms. The Kier molecular flexibility index (Phi) is 3.87. The summed E-state index contributed by atoms with van der Waals surface area (Å²) in [4.78, 5) is 15.7. The summed E-state index contributed by atoms with van der Waals surface area (Å²) in [5, 5.41) is 4.43. The first-order valence-electron chi connectivity index (χ1n) is 6.27. The van der Waals surface area contributed by atoms with Crippen LogP contribution in [0.25, 0.3) is 0 Å². The van der Waals surface area contributed by atoms with E-state index in [0.717, 1.165) is 37.0 Å². The molecule has 2 saturated heterocycles. The summed E-state index contributed by atoms with van der Waals surface area (Å²) in [7, 11) is 0. The van der Waals surface area contributed by atoms with Crippen molar-refractivity contribution in [3.05, 3.63) is 0 Å². The fourth-order valence-corrected chi connectivity index (χ4v) is 3.19. The van der Waals surface area contributed by atoms with E-state index in [9.17, 15) is 4.79 Å². The molecule has 1 amide bonds. The van der Waals surface area contributed by atoms with Crippen LogP contribution < -0.4 is 11.1 Å². The van der Waals surface area contributed by atoms with Crippen LogP contribution in [0.15, 0.2) is 4.99 Å². The molecule has 0 aromatic heterocycles. The minimum absolute atomic E-state index is 0.151. The molecule has 0 atom stereocenters. The number of nitrogens with two attached hydrogens (primary N) is 1. The summed E-state index contributed by atoms with van der Waals surface area (Å²) < 4.78 is 5.39. The molecule has 2 heterocycles. The summed E-state index contributed by atoms with van der Waals surface area (Å²) in [6.07, 6.45) is 2.05. The first-order chi connectivity index (χ1) is 8.44. The third-order valence-corrected chi connectivity index (χ3v) is 4.79. The number of carbonyl (C=O) groups is 1. The van der Waals surface area contributed by atoms with Crippen molar-refractivity contribution in [1.29, 1.82) is 0 Å². The predicted molar refractivity (Wildman–Crippen MR) is 73.7 cm³/mol. The maximum Gasteiger partial charge on any atom is 0.224 e. The highest BCUT2D eigenvalue weighted by Crippen LogP contribution is 2.32. The molecule has 2 aliphatic heterocycles. The van der Waals surface area contributed by atoms with Gasteiger partial charge in [-0.15, -0.1) is 0 Å². The van der Waals surface area contributed by atoms with Gasteiger partial charge in [-0.3, -0.25) is 9.79 Å². The lowest BCUT2D eigenvalue weighted by Crippen LogP contribution is -2.48. The second kappa shape index (κ2) is 5.09. The van der Waals surface area contributed by atoms with Crippen molar-refractivity contribution in [2.45, 2.75) is 32.2 Å². The van der Waals surface area contributed by atoms with Crippen LogP contribution in [0, 0.1) is 5.41 Å². The summed E-state index contributed by atoms with van der Waals surface area (Å²) in [5.41, 5.74) is 4.91. The van der Waals surface area contributed by atoms with Gasteiger partial charge < -0.3 is 15.8 Å². The van der Waals surface area contributed by atoms with Crippen LogP contribution in [0.3, 0.4) is 0 Å². The van der Waals surface area contributed by atoms with E-state index in [0.29, 0.717) is 6.54 Å². The molecule has 6 heteroatoms. The molecular weight excluding hydrogens is 250 g/mol. The molecule has 0 bridgehead atoms. The average Bonchev–Trinajstić information content (AvgIpc) is 2.71. The number of amidine groups is 1. The maximum absolute atomic E-state index is 11.2. The number of thioether (sulfide) groups is 1. The van der Waals surface area contributed by atoms with Crippen LogP contribution in [-0.2, 0) is 9.53 Å². The van der Waals surface area contributed by atoms with Crippen molar-refractivity contribution in [2.75, 3.05) is 25.5 Å². The van der Waals surface area contributed by atoms with E-state index in [1.165, 1.54) is 0 Å². The molecule has 0 radical (unpaired) electrons. The van der Waals surface area contributed by atoms with Gasteiger partial charge >= 0.3 is 0 Å². The van der Waals surface area contributed by atoms with Crippen molar-refractivity contribution >= 4 is 22.8 Å². The van der Waals surface area contributed by atoms with Gasteiger partial charge in [-0.2, -0.15) is 0 Å². The van der Waals surface area contributed by atoms with Crippen molar-refractivity contribution in [1.82, 2.24) is 5.32 Å². The molecule has 2 aliphatic rings. The van der Waals surface area contributed by atoms with Crippen LogP contribution in [0.4, 0.5) is 0 Å². The highest BCUT2D eigenvalue weighted by atomic mass is 32.2. The van der Waals surface area contributed by atoms with E-state index in [1.807, 2.05) is 13.8 Å². The Labute approximate surface area is 112 Å². The number of nitrogens with one attached hydrogen (secondary N) is 1. The monoisotopic (exact) mass is 271 g/mol. The lowest BCUT2D eigenvalue weighted by atomic mass is 9.92. The number of rotatable bonds is 3. The number of carbonyl (C=O) groups excluding carboxylic acids is 1. The van der Waals surface area contributed by atoms with Gasteiger partial charge in [0.25, 0.3) is 0 Å². The zero-order chi connectivity index (χ0) is 13.2. The Hall–Kier alpha value is -0.750. The molecule has 3 N–H and O–H groups in total. The molecule has 2 rings (SSSR count). The number of amides is 1. The molecule has 0 aromatic rings. The Balaban J connectivity index is 1.94. The van der Waals surface area contributed by atoms with Gasteiger partial charge in [0.2, 0.25) is 5.91 Å². The number of ether oxygens (including phenoxy) is 1. The predicted octanol–water partition coefficient (Wildman–Crippen LogP) is 0.740. The van der Waals surface area contributed by atoms with Crippen LogP contribution in [-0.4, -0.2) is 42.1 Å². The maximum atomic E-state index is 11.2. The average molecular weight is 271 g/mol. The number of hydrogen-bond acceptors (Lipinski definition) is 4. The quantitative estimate of drug-likeness (QED) is 0.794. The van der Waals surface area contributed by atoms with Gasteiger partial charge in [0, 0.05) is 19.0 Å². The van der Waals surface area contributed by atoms with Gasteiger partial charge in [0.1, 0.15) is 0 Å². The van der Waals surface area contributed by atoms with Crippen LogP contribution in [0.5, 0.6) is 0 Å². The number of aliphatic imine (C=N–C) groups is 1.